The van der Waals surface area contributed by atoms with Crippen LogP contribution in [0.15, 0.2) is 0 Å². The Morgan fingerprint density at radius 3 is 2.56 bits per heavy atom. The molecule has 0 aliphatic rings. The molecule has 0 heterocycles. The van der Waals surface area contributed by atoms with Crippen LogP contribution in [-0.2, 0) is 4.79 Å². The molecule has 4 nitrogen and oxygen atoms in total. The van der Waals surface area contributed by atoms with Crippen LogP contribution in [-0.4, -0.2) is 44.5 Å². The third kappa shape index (κ3) is 8.68. The summed E-state index contributed by atoms with van der Waals surface area (Å²) in [5, 5.41) is 2.97. The van der Waals surface area contributed by atoms with Crippen molar-refractivity contribution in [2.75, 3.05) is 33.7 Å². The predicted octanol–water partition coefficient (Wildman–Crippen LogP) is 0.819. The fraction of sp³-hybridized carbons (Fsp3) is 0.917. The number of nitrogens with zero attached hydrogens (tertiary/aromatic N) is 1. The molecule has 0 aromatic carbocycles. The zero-order chi connectivity index (χ0) is 12.4. The van der Waals surface area contributed by atoms with Crippen molar-refractivity contribution >= 4 is 5.91 Å². The van der Waals surface area contributed by atoms with Crippen molar-refractivity contribution in [3.05, 3.63) is 0 Å². The van der Waals surface area contributed by atoms with Gasteiger partial charge in [0.25, 0.3) is 0 Å². The lowest BCUT2D eigenvalue weighted by Crippen LogP contribution is -2.30. The highest BCUT2D eigenvalue weighted by Crippen LogP contribution is 2.04. The van der Waals surface area contributed by atoms with Gasteiger partial charge in [-0.1, -0.05) is 6.92 Å². The first kappa shape index (κ1) is 15.4. The van der Waals surface area contributed by atoms with E-state index in [1.807, 2.05) is 6.92 Å². The first-order valence-electron chi connectivity index (χ1n) is 6.20. The van der Waals surface area contributed by atoms with Crippen molar-refractivity contribution in [3.8, 4) is 0 Å². The van der Waals surface area contributed by atoms with Crippen LogP contribution in [0.1, 0.15) is 32.6 Å². The average molecular weight is 229 g/mol. The fourth-order valence-corrected chi connectivity index (χ4v) is 1.49. The smallest absolute Gasteiger partial charge is 0.222 e. The van der Waals surface area contributed by atoms with Crippen LogP contribution < -0.4 is 11.1 Å². The monoisotopic (exact) mass is 229 g/mol. The summed E-state index contributed by atoms with van der Waals surface area (Å²) in [5.41, 5.74) is 5.41. The number of hydrogen-bond donors (Lipinski definition) is 2. The van der Waals surface area contributed by atoms with Crippen molar-refractivity contribution in [2.24, 2.45) is 11.7 Å². The average Bonchev–Trinajstić information content (AvgIpc) is 2.24. The molecule has 0 aliphatic heterocycles. The van der Waals surface area contributed by atoms with Crippen molar-refractivity contribution in [2.45, 2.75) is 32.6 Å². The van der Waals surface area contributed by atoms with Crippen molar-refractivity contribution < 1.29 is 4.79 Å². The maximum atomic E-state index is 11.6. The zero-order valence-corrected chi connectivity index (χ0v) is 11.0. The molecule has 0 bridgehead atoms. The minimum absolute atomic E-state index is 0.0948. The Hall–Kier alpha value is -0.610. The third-order valence-corrected chi connectivity index (χ3v) is 2.62. The van der Waals surface area contributed by atoms with E-state index in [2.05, 4.69) is 24.3 Å². The highest BCUT2D eigenvalue weighted by molar-refractivity contribution is 5.78. The molecule has 0 aromatic rings. The van der Waals surface area contributed by atoms with Crippen LogP contribution in [0.3, 0.4) is 0 Å². The Morgan fingerprint density at radius 2 is 2.00 bits per heavy atom. The van der Waals surface area contributed by atoms with Gasteiger partial charge in [-0.3, -0.25) is 4.79 Å². The molecule has 1 unspecified atom stereocenters. The van der Waals surface area contributed by atoms with E-state index in [-0.39, 0.29) is 11.8 Å². The molecule has 3 N–H and O–H groups in total. The zero-order valence-electron chi connectivity index (χ0n) is 11.0. The number of nitrogens with one attached hydrogen (secondary N) is 1. The first-order valence-corrected chi connectivity index (χ1v) is 6.20. The summed E-state index contributed by atoms with van der Waals surface area (Å²) in [6.45, 7) is 4.50. The minimum Gasteiger partial charge on any atom is -0.356 e. The molecule has 0 radical (unpaired) electrons. The van der Waals surface area contributed by atoms with Crippen LogP contribution in [0.25, 0.3) is 0 Å². The maximum absolute atomic E-state index is 11.6. The highest BCUT2D eigenvalue weighted by atomic mass is 16.1. The first-order chi connectivity index (χ1) is 7.57. The molecule has 0 fully saturated rings. The lowest BCUT2D eigenvalue weighted by Gasteiger charge is -2.12. The van der Waals surface area contributed by atoms with Gasteiger partial charge in [-0.2, -0.15) is 0 Å². The second-order valence-electron chi connectivity index (χ2n) is 4.63. The molecule has 96 valence electrons. The summed E-state index contributed by atoms with van der Waals surface area (Å²) in [6.07, 6.45) is 3.99. The van der Waals surface area contributed by atoms with E-state index >= 15 is 0 Å². The summed E-state index contributed by atoms with van der Waals surface area (Å²) in [7, 11) is 4.13. The maximum Gasteiger partial charge on any atom is 0.222 e. The predicted molar refractivity (Wildman–Crippen MR) is 68.3 cm³/mol. The van der Waals surface area contributed by atoms with Gasteiger partial charge < -0.3 is 16.0 Å². The van der Waals surface area contributed by atoms with Gasteiger partial charge in [0, 0.05) is 12.5 Å². The van der Waals surface area contributed by atoms with Gasteiger partial charge >= 0.3 is 0 Å². The summed E-state index contributed by atoms with van der Waals surface area (Å²) in [5.74, 6) is 0.260. The summed E-state index contributed by atoms with van der Waals surface area (Å²) in [6, 6.07) is 0. The number of carbonyl (C=O) groups excluding carboxylic acids is 1. The summed E-state index contributed by atoms with van der Waals surface area (Å²) < 4.78 is 0. The van der Waals surface area contributed by atoms with Crippen molar-refractivity contribution in [1.82, 2.24) is 10.2 Å². The molecule has 0 spiro atoms. The Morgan fingerprint density at radius 1 is 1.31 bits per heavy atom. The van der Waals surface area contributed by atoms with Gasteiger partial charge in [0.2, 0.25) is 5.91 Å². The minimum atomic E-state index is 0.0948. The fourth-order valence-electron chi connectivity index (χ4n) is 1.49. The molecule has 1 atom stereocenters. The molecule has 0 aliphatic carbocycles. The Kier molecular flexibility index (Phi) is 9.24. The van der Waals surface area contributed by atoms with Gasteiger partial charge in [-0.25, -0.2) is 0 Å². The van der Waals surface area contributed by atoms with E-state index in [0.717, 1.165) is 38.8 Å². The van der Waals surface area contributed by atoms with E-state index in [0.29, 0.717) is 6.54 Å². The number of carbonyl (C=O) groups is 1. The summed E-state index contributed by atoms with van der Waals surface area (Å²) >= 11 is 0. The van der Waals surface area contributed by atoms with E-state index in [9.17, 15) is 4.79 Å². The molecular weight excluding hydrogens is 202 g/mol. The van der Waals surface area contributed by atoms with Gasteiger partial charge in [0.05, 0.1) is 0 Å². The van der Waals surface area contributed by atoms with E-state index in [1.54, 1.807) is 0 Å². The van der Waals surface area contributed by atoms with Crippen molar-refractivity contribution in [1.29, 1.82) is 0 Å². The molecular formula is C12H27N3O. The van der Waals surface area contributed by atoms with Crippen LogP contribution in [0.5, 0.6) is 0 Å². The van der Waals surface area contributed by atoms with Gasteiger partial charge in [0.1, 0.15) is 0 Å². The normalized spacial score (nSPS) is 12.8. The lowest BCUT2D eigenvalue weighted by atomic mass is 10.0. The number of hydrogen-bond acceptors (Lipinski definition) is 3. The second kappa shape index (κ2) is 9.60. The van der Waals surface area contributed by atoms with E-state index in [4.69, 9.17) is 5.73 Å². The van der Waals surface area contributed by atoms with Crippen LogP contribution in [0, 0.1) is 5.92 Å². The Balaban J connectivity index is 3.42. The molecule has 16 heavy (non-hydrogen) atoms. The lowest BCUT2D eigenvalue weighted by molar-refractivity contribution is -0.124. The molecule has 0 rings (SSSR count). The summed E-state index contributed by atoms with van der Waals surface area (Å²) in [4.78, 5) is 13.7. The number of nitrogens with two attached hydrogens (primary N) is 1. The van der Waals surface area contributed by atoms with Gasteiger partial charge in [0.15, 0.2) is 0 Å². The molecule has 0 saturated heterocycles. The quantitative estimate of drug-likeness (QED) is 0.576. The standard InChI is InChI=1S/C12H27N3O/c1-11(7-6-8-13)12(16)14-9-4-5-10-15(2)3/h11H,4-10,13H2,1-3H3,(H,14,16). The topological polar surface area (TPSA) is 58.4 Å². The van der Waals surface area contributed by atoms with Crippen LogP contribution in [0.2, 0.25) is 0 Å². The van der Waals surface area contributed by atoms with Gasteiger partial charge in [-0.15, -0.1) is 0 Å². The van der Waals surface area contributed by atoms with Crippen LogP contribution in [0.4, 0.5) is 0 Å². The highest BCUT2D eigenvalue weighted by Gasteiger charge is 2.10. The van der Waals surface area contributed by atoms with Gasteiger partial charge in [-0.05, 0) is 52.9 Å². The van der Waals surface area contributed by atoms with Crippen LogP contribution >= 0.6 is 0 Å². The van der Waals surface area contributed by atoms with E-state index in [1.165, 1.54) is 0 Å². The number of rotatable bonds is 9. The number of amides is 1. The molecule has 0 saturated carbocycles. The number of unbranched alkanes of at least 4 members (excludes halogenated alkanes) is 1. The third-order valence-electron chi connectivity index (χ3n) is 2.62. The molecule has 1 amide bonds. The van der Waals surface area contributed by atoms with Crippen molar-refractivity contribution in [3.63, 3.8) is 0 Å². The Labute approximate surface area is 99.6 Å². The Bertz CT molecular complexity index is 183. The molecule has 0 aromatic heterocycles. The second-order valence-corrected chi connectivity index (χ2v) is 4.63. The largest absolute Gasteiger partial charge is 0.356 e. The SMILES string of the molecule is CC(CCCN)C(=O)NCCCCN(C)C. The molecule has 4 heteroatoms. The van der Waals surface area contributed by atoms with E-state index < -0.39 is 0 Å².